The number of benzene rings is 1. The van der Waals surface area contributed by atoms with Crippen LogP contribution in [0.1, 0.15) is 22.9 Å². The number of esters is 1. The molecule has 0 heterocycles. The van der Waals surface area contributed by atoms with Gasteiger partial charge in [0, 0.05) is 0 Å². The molecular formula is C13H16BrNO3. The molecule has 18 heavy (non-hydrogen) atoms. The number of ether oxygens (including phenoxy) is 1. The molecule has 4 nitrogen and oxygen atoms in total. The largest absolute Gasteiger partial charge is 0.467 e. The maximum atomic E-state index is 11.9. The van der Waals surface area contributed by atoms with Crippen LogP contribution in [0.5, 0.6) is 0 Å². The van der Waals surface area contributed by atoms with Crippen LogP contribution in [0.3, 0.4) is 0 Å². The van der Waals surface area contributed by atoms with Gasteiger partial charge in [0.25, 0.3) is 0 Å². The van der Waals surface area contributed by atoms with Crippen molar-refractivity contribution >= 4 is 27.8 Å². The zero-order chi connectivity index (χ0) is 13.7. The SMILES string of the molecule is COC(=O)[C@@H](C)NC(=O)[C@H](Br)c1ccc(C)cc1. The van der Waals surface area contributed by atoms with Gasteiger partial charge in [0.05, 0.1) is 7.11 Å². The summed E-state index contributed by atoms with van der Waals surface area (Å²) in [6.45, 7) is 3.56. The lowest BCUT2D eigenvalue weighted by Crippen LogP contribution is -2.40. The van der Waals surface area contributed by atoms with Crippen LogP contribution >= 0.6 is 15.9 Å². The van der Waals surface area contributed by atoms with Crippen LogP contribution in [0, 0.1) is 6.92 Å². The molecule has 1 aromatic carbocycles. The number of halogens is 1. The molecule has 1 aromatic rings. The van der Waals surface area contributed by atoms with Crippen molar-refractivity contribution in [1.82, 2.24) is 5.32 Å². The third kappa shape index (κ3) is 3.84. The smallest absolute Gasteiger partial charge is 0.328 e. The third-order valence-corrected chi connectivity index (χ3v) is 3.46. The van der Waals surface area contributed by atoms with Crippen molar-refractivity contribution in [3.63, 3.8) is 0 Å². The summed E-state index contributed by atoms with van der Waals surface area (Å²) < 4.78 is 4.55. The first-order valence-electron chi connectivity index (χ1n) is 5.54. The minimum absolute atomic E-state index is 0.267. The molecule has 5 heteroatoms. The standard InChI is InChI=1S/C13H16BrNO3/c1-8-4-6-10(7-5-8)11(14)12(16)15-9(2)13(17)18-3/h4-7,9,11H,1-3H3,(H,15,16)/t9-,11-/m1/s1. The summed E-state index contributed by atoms with van der Waals surface area (Å²) >= 11 is 3.31. The van der Waals surface area contributed by atoms with Gasteiger partial charge < -0.3 is 10.1 Å². The third-order valence-electron chi connectivity index (χ3n) is 2.51. The molecule has 0 spiro atoms. The molecule has 0 aliphatic rings. The highest BCUT2D eigenvalue weighted by Gasteiger charge is 2.22. The Hall–Kier alpha value is -1.36. The van der Waals surface area contributed by atoms with E-state index in [1.165, 1.54) is 7.11 Å². The fourth-order valence-corrected chi connectivity index (χ4v) is 1.85. The molecule has 0 fully saturated rings. The van der Waals surface area contributed by atoms with E-state index in [0.717, 1.165) is 11.1 Å². The van der Waals surface area contributed by atoms with Crippen molar-refractivity contribution in [2.75, 3.05) is 7.11 Å². The number of nitrogens with one attached hydrogen (secondary N) is 1. The summed E-state index contributed by atoms with van der Waals surface area (Å²) in [4.78, 5) is 22.6. The van der Waals surface area contributed by atoms with E-state index in [1.807, 2.05) is 31.2 Å². The van der Waals surface area contributed by atoms with Gasteiger partial charge in [0.1, 0.15) is 10.9 Å². The molecule has 98 valence electrons. The number of methoxy groups -OCH3 is 1. The second kappa shape index (κ2) is 6.54. The van der Waals surface area contributed by atoms with Crippen molar-refractivity contribution in [2.24, 2.45) is 0 Å². The zero-order valence-electron chi connectivity index (χ0n) is 10.6. The van der Waals surface area contributed by atoms with Crippen molar-refractivity contribution in [2.45, 2.75) is 24.7 Å². The Kier molecular flexibility index (Phi) is 5.34. The Morgan fingerprint density at radius 2 is 1.83 bits per heavy atom. The number of carbonyl (C=O) groups is 2. The molecule has 2 atom stereocenters. The van der Waals surface area contributed by atoms with Crippen molar-refractivity contribution in [3.05, 3.63) is 35.4 Å². The van der Waals surface area contributed by atoms with Gasteiger partial charge in [-0.05, 0) is 19.4 Å². The monoisotopic (exact) mass is 313 g/mol. The molecule has 1 rings (SSSR count). The number of hydrogen-bond acceptors (Lipinski definition) is 3. The average molecular weight is 314 g/mol. The predicted octanol–water partition coefficient (Wildman–Crippen LogP) is 2.11. The van der Waals surface area contributed by atoms with Crippen LogP contribution in [0.25, 0.3) is 0 Å². The van der Waals surface area contributed by atoms with Crippen LogP contribution < -0.4 is 5.32 Å². The van der Waals surface area contributed by atoms with Gasteiger partial charge >= 0.3 is 5.97 Å². The van der Waals surface area contributed by atoms with E-state index in [1.54, 1.807) is 6.92 Å². The summed E-state index contributed by atoms with van der Waals surface area (Å²) in [5.41, 5.74) is 1.97. The van der Waals surface area contributed by atoms with Gasteiger partial charge in [-0.15, -0.1) is 0 Å². The predicted molar refractivity (Wildman–Crippen MR) is 72.5 cm³/mol. The van der Waals surface area contributed by atoms with Gasteiger partial charge in [0.15, 0.2) is 0 Å². The molecule has 0 aliphatic carbocycles. The zero-order valence-corrected chi connectivity index (χ0v) is 12.2. The maximum absolute atomic E-state index is 11.9. The quantitative estimate of drug-likeness (QED) is 0.684. The van der Waals surface area contributed by atoms with E-state index >= 15 is 0 Å². The number of hydrogen-bond donors (Lipinski definition) is 1. The molecule has 1 amide bonds. The van der Waals surface area contributed by atoms with E-state index < -0.39 is 16.8 Å². The highest BCUT2D eigenvalue weighted by molar-refractivity contribution is 9.09. The first kappa shape index (κ1) is 14.7. The Balaban J connectivity index is 2.67. The van der Waals surface area contributed by atoms with E-state index in [4.69, 9.17) is 0 Å². The average Bonchev–Trinajstić information content (AvgIpc) is 2.37. The molecule has 0 unspecified atom stereocenters. The van der Waals surface area contributed by atoms with Gasteiger partial charge in [-0.2, -0.15) is 0 Å². The molecule has 0 aliphatic heterocycles. The second-order valence-electron chi connectivity index (χ2n) is 4.03. The van der Waals surface area contributed by atoms with E-state index in [2.05, 4.69) is 26.0 Å². The highest BCUT2D eigenvalue weighted by Crippen LogP contribution is 2.23. The van der Waals surface area contributed by atoms with E-state index in [-0.39, 0.29) is 5.91 Å². The summed E-state index contributed by atoms with van der Waals surface area (Å²) in [6, 6.07) is 6.95. The van der Waals surface area contributed by atoms with Gasteiger partial charge in [0.2, 0.25) is 5.91 Å². The molecule has 0 radical (unpaired) electrons. The fourth-order valence-electron chi connectivity index (χ4n) is 1.41. The lowest BCUT2D eigenvalue weighted by molar-refractivity contribution is -0.144. The lowest BCUT2D eigenvalue weighted by atomic mass is 10.1. The normalized spacial score (nSPS) is 13.6. The number of alkyl halides is 1. The molecule has 1 N–H and O–H groups in total. The number of rotatable bonds is 4. The minimum Gasteiger partial charge on any atom is -0.467 e. The Morgan fingerprint density at radius 1 is 1.28 bits per heavy atom. The van der Waals surface area contributed by atoms with Crippen LogP contribution in [0.15, 0.2) is 24.3 Å². The Bertz CT molecular complexity index is 430. The van der Waals surface area contributed by atoms with Crippen molar-refractivity contribution in [3.8, 4) is 0 Å². The van der Waals surface area contributed by atoms with Gasteiger partial charge in [-0.3, -0.25) is 4.79 Å². The number of aryl methyl sites for hydroxylation is 1. The first-order valence-corrected chi connectivity index (χ1v) is 6.46. The van der Waals surface area contributed by atoms with Crippen molar-refractivity contribution < 1.29 is 14.3 Å². The van der Waals surface area contributed by atoms with E-state index in [0.29, 0.717) is 0 Å². The minimum atomic E-state index is -0.659. The molecular weight excluding hydrogens is 298 g/mol. The van der Waals surface area contributed by atoms with Crippen LogP contribution in [-0.4, -0.2) is 25.0 Å². The molecule has 0 aromatic heterocycles. The Labute approximate surface area is 115 Å². The highest BCUT2D eigenvalue weighted by atomic mass is 79.9. The number of amides is 1. The summed E-state index contributed by atoms with van der Waals surface area (Å²) in [7, 11) is 1.29. The molecule has 0 bridgehead atoms. The first-order chi connectivity index (χ1) is 8.45. The second-order valence-corrected chi connectivity index (χ2v) is 4.94. The van der Waals surface area contributed by atoms with E-state index in [9.17, 15) is 9.59 Å². The van der Waals surface area contributed by atoms with Gasteiger partial charge in [-0.1, -0.05) is 45.8 Å². The topological polar surface area (TPSA) is 55.4 Å². The molecule has 0 saturated heterocycles. The summed E-state index contributed by atoms with van der Waals surface area (Å²) in [5, 5.41) is 2.58. The van der Waals surface area contributed by atoms with Crippen molar-refractivity contribution in [1.29, 1.82) is 0 Å². The van der Waals surface area contributed by atoms with Crippen LogP contribution in [-0.2, 0) is 14.3 Å². The molecule has 0 saturated carbocycles. The Morgan fingerprint density at radius 3 is 2.33 bits per heavy atom. The number of carbonyl (C=O) groups excluding carboxylic acids is 2. The van der Waals surface area contributed by atoms with Crippen LogP contribution in [0.2, 0.25) is 0 Å². The van der Waals surface area contributed by atoms with Gasteiger partial charge in [-0.25, -0.2) is 4.79 Å². The van der Waals surface area contributed by atoms with Crippen LogP contribution in [0.4, 0.5) is 0 Å². The summed E-state index contributed by atoms with van der Waals surface area (Å²) in [5.74, 6) is -0.733. The maximum Gasteiger partial charge on any atom is 0.328 e. The lowest BCUT2D eigenvalue weighted by Gasteiger charge is -2.15. The fraction of sp³-hybridized carbons (Fsp3) is 0.385. The summed E-state index contributed by atoms with van der Waals surface area (Å²) in [6.07, 6.45) is 0.